The molecule has 6 nitrogen and oxygen atoms in total. The average molecular weight is 307 g/mol. The fraction of sp³-hybridized carbons (Fsp3) is 0.0909. The molecular weight excluding hydrogens is 300 g/mol. The summed E-state index contributed by atoms with van der Waals surface area (Å²) < 4.78 is 0.686. The molecule has 2 amide bonds. The van der Waals surface area contributed by atoms with Gasteiger partial charge in [0.1, 0.15) is 12.6 Å². The second-order valence-electron chi connectivity index (χ2n) is 3.10. The lowest BCUT2D eigenvalue weighted by Gasteiger charge is -2.06. The van der Waals surface area contributed by atoms with Crippen molar-refractivity contribution in [2.75, 3.05) is 11.9 Å². The first-order valence-electron chi connectivity index (χ1n) is 4.74. The Balaban J connectivity index is 2.80. The van der Waals surface area contributed by atoms with E-state index in [0.29, 0.717) is 4.47 Å². The summed E-state index contributed by atoms with van der Waals surface area (Å²) in [6, 6.07) is 8.22. The molecular formula is C11H7BrN4O2. The monoisotopic (exact) mass is 306 g/mol. The van der Waals surface area contributed by atoms with Crippen molar-refractivity contribution in [2.45, 2.75) is 0 Å². The van der Waals surface area contributed by atoms with Crippen LogP contribution in [0.3, 0.4) is 0 Å². The zero-order valence-electron chi connectivity index (χ0n) is 9.03. The highest BCUT2D eigenvalue weighted by molar-refractivity contribution is 9.10. The topological polar surface area (TPSA) is 106 Å². The summed E-state index contributed by atoms with van der Waals surface area (Å²) in [6.45, 7) is -0.252. The summed E-state index contributed by atoms with van der Waals surface area (Å²) in [4.78, 5) is 22.6. The van der Waals surface area contributed by atoms with Crippen LogP contribution in [0.1, 0.15) is 5.56 Å². The second kappa shape index (κ2) is 6.38. The van der Waals surface area contributed by atoms with E-state index in [2.05, 4.69) is 26.6 Å². The smallest absolute Gasteiger partial charge is 0.313 e. The SMILES string of the molecule is N#CCNC(=O)C(=O)Nc1ccc(Br)cc1C#N. The van der Waals surface area contributed by atoms with Crippen molar-refractivity contribution in [2.24, 2.45) is 0 Å². The molecule has 0 aromatic heterocycles. The summed E-state index contributed by atoms with van der Waals surface area (Å²) in [5.74, 6) is -1.85. The van der Waals surface area contributed by atoms with Crippen LogP contribution in [-0.4, -0.2) is 18.4 Å². The van der Waals surface area contributed by atoms with Crippen LogP contribution in [0.25, 0.3) is 0 Å². The number of halogens is 1. The number of rotatable bonds is 2. The van der Waals surface area contributed by atoms with Gasteiger partial charge in [0.05, 0.1) is 17.3 Å². The van der Waals surface area contributed by atoms with Crippen LogP contribution in [0.15, 0.2) is 22.7 Å². The van der Waals surface area contributed by atoms with Crippen LogP contribution in [0, 0.1) is 22.7 Å². The van der Waals surface area contributed by atoms with E-state index in [1.807, 2.05) is 6.07 Å². The third-order valence-corrected chi connectivity index (χ3v) is 2.38. The number of hydrogen-bond acceptors (Lipinski definition) is 4. The molecule has 0 saturated heterocycles. The summed E-state index contributed by atoms with van der Waals surface area (Å²) in [6.07, 6.45) is 0. The average Bonchev–Trinajstić information content (AvgIpc) is 2.37. The van der Waals surface area contributed by atoms with E-state index in [9.17, 15) is 9.59 Å². The Morgan fingerprint density at radius 2 is 2.00 bits per heavy atom. The van der Waals surface area contributed by atoms with Crippen LogP contribution in [-0.2, 0) is 9.59 Å². The Hall–Kier alpha value is -2.38. The summed E-state index contributed by atoms with van der Waals surface area (Å²) in [5, 5.41) is 21.5. The minimum atomic E-state index is -0.927. The molecule has 18 heavy (non-hydrogen) atoms. The van der Waals surface area contributed by atoms with Crippen LogP contribution in [0.2, 0.25) is 0 Å². The number of nitriles is 2. The van der Waals surface area contributed by atoms with E-state index in [0.717, 1.165) is 0 Å². The van der Waals surface area contributed by atoms with Gasteiger partial charge in [-0.25, -0.2) is 0 Å². The highest BCUT2D eigenvalue weighted by Gasteiger charge is 2.14. The molecule has 0 radical (unpaired) electrons. The first-order chi connectivity index (χ1) is 8.58. The third-order valence-electron chi connectivity index (χ3n) is 1.88. The van der Waals surface area contributed by atoms with Crippen molar-refractivity contribution in [3.05, 3.63) is 28.2 Å². The Bertz CT molecular complexity index is 571. The maximum Gasteiger partial charge on any atom is 0.313 e. The molecule has 90 valence electrons. The standard InChI is InChI=1S/C11H7BrN4O2/c12-8-1-2-9(7(5-8)6-14)16-11(18)10(17)15-4-3-13/h1-2,5H,4H2,(H,15,17)(H,16,18). The van der Waals surface area contributed by atoms with Gasteiger partial charge in [-0.1, -0.05) is 15.9 Å². The van der Waals surface area contributed by atoms with Crippen molar-refractivity contribution in [1.82, 2.24) is 5.32 Å². The fourth-order valence-corrected chi connectivity index (χ4v) is 1.46. The molecule has 0 saturated carbocycles. The summed E-state index contributed by atoms with van der Waals surface area (Å²) in [7, 11) is 0. The molecule has 0 aliphatic carbocycles. The molecule has 2 N–H and O–H groups in total. The summed E-state index contributed by atoms with van der Waals surface area (Å²) >= 11 is 3.19. The molecule has 0 fully saturated rings. The van der Waals surface area contributed by atoms with Crippen molar-refractivity contribution in [1.29, 1.82) is 10.5 Å². The van der Waals surface area contributed by atoms with Crippen molar-refractivity contribution in [3.63, 3.8) is 0 Å². The highest BCUT2D eigenvalue weighted by Crippen LogP contribution is 2.20. The molecule has 0 aliphatic heterocycles. The van der Waals surface area contributed by atoms with Gasteiger partial charge in [-0.2, -0.15) is 10.5 Å². The molecule has 0 spiro atoms. The lowest BCUT2D eigenvalue weighted by atomic mass is 10.2. The molecule has 0 bridgehead atoms. The molecule has 0 heterocycles. The predicted molar refractivity (Wildman–Crippen MR) is 66.1 cm³/mol. The first kappa shape index (κ1) is 13.7. The molecule has 1 aromatic carbocycles. The lowest BCUT2D eigenvalue weighted by Crippen LogP contribution is -2.35. The van der Waals surface area contributed by atoms with Gasteiger partial charge in [-0.15, -0.1) is 0 Å². The molecule has 0 aliphatic rings. The van der Waals surface area contributed by atoms with Crippen molar-refractivity contribution in [3.8, 4) is 12.1 Å². The Labute approximate surface area is 111 Å². The zero-order chi connectivity index (χ0) is 13.5. The van der Waals surface area contributed by atoms with Gasteiger partial charge in [-0.3, -0.25) is 9.59 Å². The van der Waals surface area contributed by atoms with E-state index in [1.54, 1.807) is 12.1 Å². The van der Waals surface area contributed by atoms with E-state index in [-0.39, 0.29) is 17.8 Å². The number of anilines is 1. The first-order valence-corrected chi connectivity index (χ1v) is 5.53. The van der Waals surface area contributed by atoms with Gasteiger partial charge in [0.2, 0.25) is 0 Å². The van der Waals surface area contributed by atoms with Crippen molar-refractivity contribution >= 4 is 33.4 Å². The number of hydrogen-bond donors (Lipinski definition) is 2. The van der Waals surface area contributed by atoms with Gasteiger partial charge < -0.3 is 10.6 Å². The fourth-order valence-electron chi connectivity index (χ4n) is 1.10. The second-order valence-corrected chi connectivity index (χ2v) is 4.01. The Morgan fingerprint density at radius 1 is 1.28 bits per heavy atom. The van der Waals surface area contributed by atoms with Gasteiger partial charge >= 0.3 is 11.8 Å². The van der Waals surface area contributed by atoms with Gasteiger partial charge in [0.25, 0.3) is 0 Å². The zero-order valence-corrected chi connectivity index (χ0v) is 10.6. The van der Waals surface area contributed by atoms with E-state index in [4.69, 9.17) is 10.5 Å². The molecule has 0 unspecified atom stereocenters. The largest absolute Gasteiger partial charge is 0.335 e. The number of carbonyl (C=O) groups is 2. The predicted octanol–water partition coefficient (Wildman–Crippen LogP) is 0.899. The number of nitrogens with zero attached hydrogens (tertiary/aromatic N) is 2. The summed E-state index contributed by atoms with van der Waals surface area (Å²) in [5.41, 5.74) is 0.462. The van der Waals surface area contributed by atoms with E-state index < -0.39 is 11.8 Å². The minimum Gasteiger partial charge on any atom is -0.335 e. The molecule has 7 heteroatoms. The number of amides is 2. The van der Waals surface area contributed by atoms with Gasteiger partial charge in [-0.05, 0) is 18.2 Å². The normalized spacial score (nSPS) is 8.83. The van der Waals surface area contributed by atoms with E-state index >= 15 is 0 Å². The van der Waals surface area contributed by atoms with E-state index in [1.165, 1.54) is 12.1 Å². The van der Waals surface area contributed by atoms with Gasteiger partial charge in [0.15, 0.2) is 0 Å². The number of carbonyl (C=O) groups excluding carboxylic acids is 2. The Morgan fingerprint density at radius 3 is 2.61 bits per heavy atom. The number of benzene rings is 1. The molecule has 1 aromatic rings. The van der Waals surface area contributed by atoms with Crippen molar-refractivity contribution < 1.29 is 9.59 Å². The molecule has 0 atom stereocenters. The maximum atomic E-state index is 11.4. The van der Waals surface area contributed by atoms with Crippen LogP contribution >= 0.6 is 15.9 Å². The van der Waals surface area contributed by atoms with Crippen LogP contribution < -0.4 is 10.6 Å². The minimum absolute atomic E-state index is 0.228. The number of nitrogens with one attached hydrogen (secondary N) is 2. The quantitative estimate of drug-likeness (QED) is 0.625. The third kappa shape index (κ3) is 3.58. The molecule has 1 rings (SSSR count). The maximum absolute atomic E-state index is 11.4. The van der Waals surface area contributed by atoms with Gasteiger partial charge in [0, 0.05) is 4.47 Å². The lowest BCUT2D eigenvalue weighted by molar-refractivity contribution is -0.136. The Kier molecular flexibility index (Phi) is 4.85. The highest BCUT2D eigenvalue weighted by atomic mass is 79.9. The van der Waals surface area contributed by atoms with Crippen LogP contribution in [0.4, 0.5) is 5.69 Å². The van der Waals surface area contributed by atoms with Crippen LogP contribution in [0.5, 0.6) is 0 Å².